The quantitative estimate of drug-likeness (QED) is 0.738. The highest BCUT2D eigenvalue weighted by molar-refractivity contribution is 5.80. The summed E-state index contributed by atoms with van der Waals surface area (Å²) in [7, 11) is 0. The van der Waals surface area contributed by atoms with E-state index >= 15 is 0 Å². The first kappa shape index (κ1) is 15.1. The van der Waals surface area contributed by atoms with E-state index in [1.54, 1.807) is 35.3 Å². The minimum atomic E-state index is 0.517. The molecule has 0 saturated carbocycles. The smallest absolute Gasteiger partial charge is 0.137 e. The van der Waals surface area contributed by atoms with Gasteiger partial charge in [0.1, 0.15) is 18.7 Å². The average Bonchev–Trinajstić information content (AvgIpc) is 3.15. The van der Waals surface area contributed by atoms with Gasteiger partial charge < -0.3 is 0 Å². The molecular weight excluding hydrogens is 300 g/mol. The van der Waals surface area contributed by atoms with Crippen LogP contribution in [0.25, 0.3) is 11.6 Å². The van der Waals surface area contributed by atoms with Crippen molar-refractivity contribution in [3.63, 3.8) is 0 Å². The van der Waals surface area contributed by atoms with Crippen molar-refractivity contribution in [3.05, 3.63) is 77.6 Å². The molecule has 6 nitrogen and oxygen atoms in total. The van der Waals surface area contributed by atoms with Gasteiger partial charge in [-0.3, -0.25) is 4.98 Å². The number of nitrogens with zero attached hydrogens (tertiary/aromatic N) is 6. The zero-order chi connectivity index (χ0) is 16.8. The summed E-state index contributed by atoms with van der Waals surface area (Å²) in [6.45, 7) is 0.521. The third kappa shape index (κ3) is 3.52. The topological polar surface area (TPSA) is 91.2 Å². The zero-order valence-electron chi connectivity index (χ0n) is 12.7. The number of hydrogen-bond acceptors (Lipinski definition) is 5. The van der Waals surface area contributed by atoms with Crippen LogP contribution < -0.4 is 0 Å². The van der Waals surface area contributed by atoms with Gasteiger partial charge in [-0.1, -0.05) is 12.1 Å². The molecule has 0 bridgehead atoms. The molecule has 24 heavy (non-hydrogen) atoms. The Labute approximate surface area is 139 Å². The highest BCUT2D eigenvalue weighted by Gasteiger charge is 2.05. The summed E-state index contributed by atoms with van der Waals surface area (Å²) in [6, 6.07) is 15.0. The van der Waals surface area contributed by atoms with Crippen LogP contribution in [0.4, 0.5) is 0 Å². The van der Waals surface area contributed by atoms with Crippen molar-refractivity contribution in [2.24, 2.45) is 0 Å². The van der Waals surface area contributed by atoms with E-state index in [-0.39, 0.29) is 0 Å². The van der Waals surface area contributed by atoms with E-state index in [0.29, 0.717) is 17.7 Å². The molecule has 3 aromatic rings. The maximum Gasteiger partial charge on any atom is 0.137 e. The number of benzene rings is 1. The van der Waals surface area contributed by atoms with Crippen LogP contribution in [0.15, 0.2) is 55.2 Å². The summed E-state index contributed by atoms with van der Waals surface area (Å²) in [5.74, 6) is 0. The molecule has 0 aliphatic heterocycles. The van der Waals surface area contributed by atoms with Gasteiger partial charge in [0.05, 0.1) is 29.4 Å². The first-order chi connectivity index (χ1) is 11.8. The summed E-state index contributed by atoms with van der Waals surface area (Å²) in [4.78, 5) is 8.24. The highest BCUT2D eigenvalue weighted by atomic mass is 15.3. The molecule has 114 valence electrons. The Hall–Kier alpha value is -3.77. The third-order valence-corrected chi connectivity index (χ3v) is 3.42. The molecular formula is C18H12N6. The SMILES string of the molecule is N#Cc1ccc(C(=Cc2ccc(C#N)cn2)Cn2cncn2)cc1. The molecule has 0 amide bonds. The molecule has 0 aliphatic carbocycles. The summed E-state index contributed by atoms with van der Waals surface area (Å²) in [6.07, 6.45) is 6.60. The van der Waals surface area contributed by atoms with Crippen molar-refractivity contribution < 1.29 is 0 Å². The molecule has 0 unspecified atom stereocenters. The maximum absolute atomic E-state index is 8.94. The van der Waals surface area contributed by atoms with Crippen molar-refractivity contribution in [2.75, 3.05) is 0 Å². The van der Waals surface area contributed by atoms with Crippen molar-refractivity contribution in [2.45, 2.75) is 6.54 Å². The average molecular weight is 312 g/mol. The number of hydrogen-bond donors (Lipinski definition) is 0. The van der Waals surface area contributed by atoms with Gasteiger partial charge in [0.25, 0.3) is 0 Å². The third-order valence-electron chi connectivity index (χ3n) is 3.42. The minimum Gasteiger partial charge on any atom is -0.256 e. The number of allylic oxidation sites excluding steroid dienone is 1. The van der Waals surface area contributed by atoms with E-state index in [2.05, 4.69) is 27.2 Å². The lowest BCUT2D eigenvalue weighted by Gasteiger charge is -2.08. The summed E-state index contributed by atoms with van der Waals surface area (Å²) >= 11 is 0. The van der Waals surface area contributed by atoms with E-state index in [4.69, 9.17) is 10.5 Å². The molecule has 0 fully saturated rings. The lowest BCUT2D eigenvalue weighted by molar-refractivity contribution is 0.711. The lowest BCUT2D eigenvalue weighted by Crippen LogP contribution is -2.01. The molecule has 1 aromatic carbocycles. The van der Waals surface area contributed by atoms with Crippen molar-refractivity contribution in [1.82, 2.24) is 19.7 Å². The summed E-state index contributed by atoms with van der Waals surface area (Å²) < 4.78 is 1.72. The predicted octanol–water partition coefficient (Wildman–Crippen LogP) is 2.66. The molecule has 0 saturated heterocycles. The van der Waals surface area contributed by atoms with Gasteiger partial charge in [0.2, 0.25) is 0 Å². The first-order valence-corrected chi connectivity index (χ1v) is 7.18. The van der Waals surface area contributed by atoms with Crippen LogP contribution in [0.5, 0.6) is 0 Å². The molecule has 0 radical (unpaired) electrons. The highest BCUT2D eigenvalue weighted by Crippen LogP contribution is 2.20. The Morgan fingerprint density at radius 1 is 1.04 bits per heavy atom. The van der Waals surface area contributed by atoms with E-state index < -0.39 is 0 Å². The van der Waals surface area contributed by atoms with Crippen LogP contribution in [-0.2, 0) is 6.54 Å². The first-order valence-electron chi connectivity index (χ1n) is 7.18. The number of rotatable bonds is 4. The molecule has 0 N–H and O–H groups in total. The van der Waals surface area contributed by atoms with Gasteiger partial charge in [-0.05, 0) is 41.5 Å². The van der Waals surface area contributed by atoms with Crippen LogP contribution in [0.1, 0.15) is 22.4 Å². The Balaban J connectivity index is 1.98. The Kier molecular flexibility index (Phi) is 4.41. The zero-order valence-corrected chi connectivity index (χ0v) is 12.7. The van der Waals surface area contributed by atoms with Crippen LogP contribution >= 0.6 is 0 Å². The molecule has 3 rings (SSSR count). The van der Waals surface area contributed by atoms with Gasteiger partial charge in [0, 0.05) is 6.20 Å². The van der Waals surface area contributed by atoms with E-state index in [1.165, 1.54) is 12.5 Å². The Bertz CT molecular complexity index is 923. The van der Waals surface area contributed by atoms with Crippen LogP contribution in [-0.4, -0.2) is 19.7 Å². The molecule has 0 atom stereocenters. The van der Waals surface area contributed by atoms with Crippen molar-refractivity contribution >= 4 is 11.6 Å². The maximum atomic E-state index is 8.94. The van der Waals surface area contributed by atoms with Gasteiger partial charge >= 0.3 is 0 Å². The van der Waals surface area contributed by atoms with Gasteiger partial charge in [-0.15, -0.1) is 0 Å². The van der Waals surface area contributed by atoms with E-state index in [9.17, 15) is 0 Å². The van der Waals surface area contributed by atoms with E-state index in [0.717, 1.165) is 16.8 Å². The fourth-order valence-corrected chi connectivity index (χ4v) is 2.20. The Morgan fingerprint density at radius 2 is 1.79 bits per heavy atom. The summed E-state index contributed by atoms with van der Waals surface area (Å²) in [5, 5.41) is 21.9. The number of nitriles is 2. The normalized spacial score (nSPS) is 10.8. The number of pyridine rings is 1. The lowest BCUT2D eigenvalue weighted by atomic mass is 10.0. The van der Waals surface area contributed by atoms with Crippen molar-refractivity contribution in [1.29, 1.82) is 10.5 Å². The minimum absolute atomic E-state index is 0.517. The fraction of sp³-hybridized carbons (Fsp3) is 0.0556. The van der Waals surface area contributed by atoms with Crippen LogP contribution in [0.3, 0.4) is 0 Å². The van der Waals surface area contributed by atoms with Gasteiger partial charge in [-0.2, -0.15) is 15.6 Å². The molecule has 6 heteroatoms. The standard InChI is InChI=1S/C18H12N6/c19-8-14-1-4-16(5-2-14)17(11-24-13-21-12-23-24)7-18-6-3-15(9-20)10-22-18/h1-7,10,12-13H,11H2. The van der Waals surface area contributed by atoms with Gasteiger partial charge in [-0.25, -0.2) is 9.67 Å². The fourth-order valence-electron chi connectivity index (χ4n) is 2.20. The second kappa shape index (κ2) is 6.99. The number of aromatic nitrogens is 4. The van der Waals surface area contributed by atoms with E-state index in [1.807, 2.05) is 18.2 Å². The second-order valence-corrected chi connectivity index (χ2v) is 5.04. The molecule has 0 spiro atoms. The van der Waals surface area contributed by atoms with Crippen molar-refractivity contribution in [3.8, 4) is 12.1 Å². The second-order valence-electron chi connectivity index (χ2n) is 5.04. The molecule has 0 aliphatic rings. The monoisotopic (exact) mass is 312 g/mol. The summed E-state index contributed by atoms with van der Waals surface area (Å²) in [5.41, 5.74) is 3.81. The van der Waals surface area contributed by atoms with Crippen LogP contribution in [0, 0.1) is 22.7 Å². The molecule has 2 heterocycles. The van der Waals surface area contributed by atoms with Gasteiger partial charge in [0.15, 0.2) is 0 Å². The largest absolute Gasteiger partial charge is 0.256 e. The molecule has 2 aromatic heterocycles. The van der Waals surface area contributed by atoms with Crippen LogP contribution in [0.2, 0.25) is 0 Å². The predicted molar refractivity (Wildman–Crippen MR) is 88.0 cm³/mol. The Morgan fingerprint density at radius 3 is 2.38 bits per heavy atom.